The molecule has 0 aliphatic carbocycles. The Bertz CT molecular complexity index is 400. The highest BCUT2D eigenvalue weighted by atomic mass is 79.9. The number of carbonyl (C=O) groups excluding carboxylic acids is 1. The summed E-state index contributed by atoms with van der Waals surface area (Å²) in [4.78, 5) is 11.0. The first-order valence-corrected chi connectivity index (χ1v) is 5.09. The maximum absolute atomic E-state index is 12.8. The molecular formula is C10H7BrF4O. The zero-order valence-corrected chi connectivity index (χ0v) is 9.53. The van der Waals surface area contributed by atoms with Crippen LogP contribution in [0, 0.1) is 5.82 Å². The van der Waals surface area contributed by atoms with E-state index in [4.69, 9.17) is 0 Å². The molecule has 0 aliphatic rings. The number of benzene rings is 1. The van der Waals surface area contributed by atoms with E-state index in [0.717, 1.165) is 12.1 Å². The molecule has 0 bridgehead atoms. The lowest BCUT2D eigenvalue weighted by molar-refractivity contribution is -0.151. The van der Waals surface area contributed by atoms with Gasteiger partial charge in [-0.1, -0.05) is 15.9 Å². The smallest absolute Gasteiger partial charge is 0.299 e. The molecule has 0 heterocycles. The van der Waals surface area contributed by atoms with Crippen LogP contribution in [0.4, 0.5) is 17.6 Å². The summed E-state index contributed by atoms with van der Waals surface area (Å²) in [5.41, 5.74) is 0.217. The highest BCUT2D eigenvalue weighted by molar-refractivity contribution is 9.10. The van der Waals surface area contributed by atoms with Crippen molar-refractivity contribution in [2.45, 2.75) is 19.0 Å². The van der Waals surface area contributed by atoms with Gasteiger partial charge >= 0.3 is 6.18 Å². The van der Waals surface area contributed by atoms with E-state index in [1.807, 2.05) is 0 Å². The molecule has 0 aromatic heterocycles. The molecular weight excluding hydrogens is 292 g/mol. The molecule has 0 saturated carbocycles. The topological polar surface area (TPSA) is 17.1 Å². The van der Waals surface area contributed by atoms with E-state index in [9.17, 15) is 22.4 Å². The van der Waals surface area contributed by atoms with E-state index in [1.54, 1.807) is 0 Å². The predicted molar refractivity (Wildman–Crippen MR) is 53.5 cm³/mol. The summed E-state index contributed by atoms with van der Waals surface area (Å²) in [5, 5.41) is 0. The van der Waals surface area contributed by atoms with Crippen LogP contribution in [-0.4, -0.2) is 12.0 Å². The Morgan fingerprint density at radius 1 is 1.31 bits per heavy atom. The lowest BCUT2D eigenvalue weighted by Crippen LogP contribution is -2.16. The predicted octanol–water partition coefficient (Wildman–Crippen LogP) is 3.65. The standard InChI is InChI=1S/C10H7BrF4O/c11-9-2-1-7(12)3-6(9)4-8(16)5-10(13,14)15/h1-3H,4-5H2. The first-order chi connectivity index (χ1) is 7.28. The van der Waals surface area contributed by atoms with Crippen LogP contribution in [0.25, 0.3) is 0 Å². The molecule has 0 N–H and O–H groups in total. The molecule has 16 heavy (non-hydrogen) atoms. The van der Waals surface area contributed by atoms with Crippen LogP contribution in [0.1, 0.15) is 12.0 Å². The van der Waals surface area contributed by atoms with Crippen molar-refractivity contribution < 1.29 is 22.4 Å². The van der Waals surface area contributed by atoms with Crippen LogP contribution >= 0.6 is 15.9 Å². The second-order valence-electron chi connectivity index (χ2n) is 3.24. The van der Waals surface area contributed by atoms with Crippen LogP contribution in [0.5, 0.6) is 0 Å². The van der Waals surface area contributed by atoms with Gasteiger partial charge in [-0.05, 0) is 23.8 Å². The molecule has 0 aliphatic heterocycles. The molecule has 0 unspecified atom stereocenters. The van der Waals surface area contributed by atoms with E-state index in [0.29, 0.717) is 4.47 Å². The zero-order valence-electron chi connectivity index (χ0n) is 7.94. The molecule has 0 saturated heterocycles. The average Bonchev–Trinajstić information content (AvgIpc) is 2.08. The maximum atomic E-state index is 12.8. The first kappa shape index (κ1) is 13.2. The Kier molecular flexibility index (Phi) is 4.07. The van der Waals surface area contributed by atoms with Gasteiger partial charge in [-0.3, -0.25) is 4.79 Å². The summed E-state index contributed by atoms with van der Waals surface area (Å²) in [5.74, 6) is -1.57. The first-order valence-electron chi connectivity index (χ1n) is 4.30. The van der Waals surface area contributed by atoms with E-state index in [2.05, 4.69) is 15.9 Å². The van der Waals surface area contributed by atoms with Crippen molar-refractivity contribution in [2.75, 3.05) is 0 Å². The van der Waals surface area contributed by atoms with Crippen molar-refractivity contribution in [2.24, 2.45) is 0 Å². The number of alkyl halides is 3. The third-order valence-electron chi connectivity index (χ3n) is 1.79. The quantitative estimate of drug-likeness (QED) is 0.779. The second-order valence-corrected chi connectivity index (χ2v) is 4.10. The Morgan fingerprint density at radius 2 is 1.94 bits per heavy atom. The Balaban J connectivity index is 2.73. The van der Waals surface area contributed by atoms with Crippen molar-refractivity contribution in [1.29, 1.82) is 0 Å². The van der Waals surface area contributed by atoms with E-state index in [-0.39, 0.29) is 5.56 Å². The molecule has 0 fully saturated rings. The van der Waals surface area contributed by atoms with Gasteiger partial charge in [-0.15, -0.1) is 0 Å². The summed E-state index contributed by atoms with van der Waals surface area (Å²) in [7, 11) is 0. The molecule has 6 heteroatoms. The minimum Gasteiger partial charge on any atom is -0.299 e. The van der Waals surface area contributed by atoms with Crippen LogP contribution in [0.3, 0.4) is 0 Å². The third-order valence-corrected chi connectivity index (χ3v) is 2.57. The number of hydrogen-bond acceptors (Lipinski definition) is 1. The van der Waals surface area contributed by atoms with Crippen molar-refractivity contribution in [1.82, 2.24) is 0 Å². The highest BCUT2D eigenvalue weighted by Gasteiger charge is 2.31. The van der Waals surface area contributed by atoms with E-state index >= 15 is 0 Å². The number of carbonyl (C=O) groups is 1. The minimum absolute atomic E-state index is 0.217. The summed E-state index contributed by atoms with van der Waals surface area (Å²) >= 11 is 3.04. The van der Waals surface area contributed by atoms with E-state index < -0.39 is 30.6 Å². The van der Waals surface area contributed by atoms with Crippen LogP contribution in [-0.2, 0) is 11.2 Å². The molecule has 88 valence electrons. The fraction of sp³-hybridized carbons (Fsp3) is 0.300. The summed E-state index contributed by atoms with van der Waals surface area (Å²) in [6.45, 7) is 0. The molecule has 0 atom stereocenters. The molecule has 0 amide bonds. The number of Topliss-reactive ketones (excluding diaryl/α,β-unsaturated/α-hetero) is 1. The van der Waals surface area contributed by atoms with Gasteiger partial charge in [0.15, 0.2) is 0 Å². The third kappa shape index (κ3) is 4.30. The summed E-state index contributed by atoms with van der Waals surface area (Å²) < 4.78 is 48.8. The summed E-state index contributed by atoms with van der Waals surface area (Å²) in [6.07, 6.45) is -6.44. The van der Waals surface area contributed by atoms with Gasteiger partial charge in [0.2, 0.25) is 0 Å². The molecule has 1 rings (SSSR count). The fourth-order valence-electron chi connectivity index (χ4n) is 1.18. The normalized spacial score (nSPS) is 11.6. The van der Waals surface area contributed by atoms with Crippen LogP contribution in [0.2, 0.25) is 0 Å². The van der Waals surface area contributed by atoms with Crippen LogP contribution in [0.15, 0.2) is 22.7 Å². The molecule has 0 radical (unpaired) electrons. The number of rotatable bonds is 3. The van der Waals surface area contributed by atoms with Gasteiger partial charge in [0.1, 0.15) is 18.0 Å². The Hall–Kier alpha value is -0.910. The molecule has 0 spiro atoms. The van der Waals surface area contributed by atoms with Gasteiger partial charge in [0.25, 0.3) is 0 Å². The maximum Gasteiger partial charge on any atom is 0.395 e. The number of halogens is 5. The van der Waals surface area contributed by atoms with E-state index in [1.165, 1.54) is 6.07 Å². The highest BCUT2D eigenvalue weighted by Crippen LogP contribution is 2.23. The molecule has 1 aromatic carbocycles. The van der Waals surface area contributed by atoms with Gasteiger partial charge in [0, 0.05) is 10.9 Å². The monoisotopic (exact) mass is 298 g/mol. The largest absolute Gasteiger partial charge is 0.395 e. The fourth-order valence-corrected chi connectivity index (χ4v) is 1.56. The zero-order chi connectivity index (χ0) is 12.3. The van der Waals surface area contributed by atoms with Crippen molar-refractivity contribution in [3.8, 4) is 0 Å². The summed E-state index contributed by atoms with van der Waals surface area (Å²) in [6, 6.07) is 3.55. The Labute approximate surface area is 97.6 Å². The van der Waals surface area contributed by atoms with Gasteiger partial charge < -0.3 is 0 Å². The van der Waals surface area contributed by atoms with Gasteiger partial charge in [-0.2, -0.15) is 13.2 Å². The van der Waals surface area contributed by atoms with Crippen molar-refractivity contribution in [3.05, 3.63) is 34.1 Å². The second kappa shape index (κ2) is 4.95. The number of hydrogen-bond donors (Lipinski definition) is 0. The van der Waals surface area contributed by atoms with Crippen molar-refractivity contribution in [3.63, 3.8) is 0 Å². The lowest BCUT2D eigenvalue weighted by atomic mass is 10.1. The average molecular weight is 299 g/mol. The number of ketones is 1. The minimum atomic E-state index is -4.52. The van der Waals surface area contributed by atoms with Crippen LogP contribution < -0.4 is 0 Å². The Morgan fingerprint density at radius 3 is 2.50 bits per heavy atom. The SMILES string of the molecule is O=C(Cc1cc(F)ccc1Br)CC(F)(F)F. The molecule has 1 aromatic rings. The molecule has 1 nitrogen and oxygen atoms in total. The van der Waals surface area contributed by atoms with Gasteiger partial charge in [-0.25, -0.2) is 4.39 Å². The lowest BCUT2D eigenvalue weighted by Gasteiger charge is -2.06. The van der Waals surface area contributed by atoms with Crippen molar-refractivity contribution >= 4 is 21.7 Å². The van der Waals surface area contributed by atoms with Gasteiger partial charge in [0.05, 0.1) is 0 Å².